The number of rotatable bonds is 4. The van der Waals surface area contributed by atoms with Crippen molar-refractivity contribution in [3.63, 3.8) is 0 Å². The number of carboxylic acids is 1. The molecule has 4 nitrogen and oxygen atoms in total. The summed E-state index contributed by atoms with van der Waals surface area (Å²) < 4.78 is 0. The molecule has 0 aliphatic rings. The second-order valence-corrected chi connectivity index (χ2v) is 2.22. The third kappa shape index (κ3) is 2.80. The summed E-state index contributed by atoms with van der Waals surface area (Å²) in [6.07, 6.45) is 0.262. The van der Waals surface area contributed by atoms with E-state index < -0.39 is 18.1 Å². The van der Waals surface area contributed by atoms with Crippen LogP contribution < -0.4 is 5.73 Å². The van der Waals surface area contributed by atoms with Crippen LogP contribution in [0.3, 0.4) is 0 Å². The van der Waals surface area contributed by atoms with Gasteiger partial charge in [0.15, 0.2) is 0 Å². The van der Waals surface area contributed by atoms with Crippen molar-refractivity contribution in [3.05, 3.63) is 0 Å². The van der Waals surface area contributed by atoms with Crippen LogP contribution in [0.5, 0.6) is 0 Å². The Morgan fingerprint density at radius 1 is 1.70 bits per heavy atom. The first-order chi connectivity index (χ1) is 4.59. The van der Waals surface area contributed by atoms with Crippen LogP contribution in [0.25, 0.3) is 0 Å². The lowest BCUT2D eigenvalue weighted by Crippen LogP contribution is -2.41. The third-order valence-corrected chi connectivity index (χ3v) is 1.28. The molecule has 0 radical (unpaired) electrons. The van der Waals surface area contributed by atoms with E-state index in [9.17, 15) is 4.79 Å². The van der Waals surface area contributed by atoms with Crippen LogP contribution in [0, 0.1) is 0 Å². The highest BCUT2D eigenvalue weighted by Crippen LogP contribution is 1.99. The highest BCUT2D eigenvalue weighted by Gasteiger charge is 2.20. The summed E-state index contributed by atoms with van der Waals surface area (Å²) in [4.78, 5) is 10.1. The molecule has 0 aliphatic heterocycles. The molecule has 0 aromatic carbocycles. The van der Waals surface area contributed by atoms with Gasteiger partial charge in [0.25, 0.3) is 0 Å². The van der Waals surface area contributed by atoms with E-state index >= 15 is 0 Å². The average Bonchev–Trinajstić information content (AvgIpc) is 1.87. The first kappa shape index (κ1) is 9.39. The average molecular weight is 147 g/mol. The lowest BCUT2D eigenvalue weighted by Gasteiger charge is -2.12. The van der Waals surface area contributed by atoms with Gasteiger partial charge in [0, 0.05) is 0 Å². The lowest BCUT2D eigenvalue weighted by atomic mass is 10.1. The SMILES string of the molecule is CCCC(O)[C@H](N)C(=O)O. The number of hydrogen-bond acceptors (Lipinski definition) is 3. The van der Waals surface area contributed by atoms with E-state index in [1.807, 2.05) is 6.92 Å². The van der Waals surface area contributed by atoms with Crippen LogP contribution in [0.1, 0.15) is 19.8 Å². The monoisotopic (exact) mass is 147 g/mol. The van der Waals surface area contributed by atoms with Gasteiger partial charge in [-0.15, -0.1) is 0 Å². The van der Waals surface area contributed by atoms with Gasteiger partial charge in [-0.1, -0.05) is 13.3 Å². The molecule has 0 bridgehead atoms. The highest BCUT2D eigenvalue weighted by molar-refractivity contribution is 5.73. The molecule has 0 aromatic rings. The molecule has 0 spiro atoms. The van der Waals surface area contributed by atoms with Crippen molar-refractivity contribution in [1.82, 2.24) is 0 Å². The van der Waals surface area contributed by atoms with Crippen LogP contribution in [-0.4, -0.2) is 28.3 Å². The number of aliphatic carboxylic acids is 1. The van der Waals surface area contributed by atoms with E-state index in [0.29, 0.717) is 6.42 Å². The number of hydrogen-bond donors (Lipinski definition) is 3. The Balaban J connectivity index is 3.69. The Morgan fingerprint density at radius 2 is 2.20 bits per heavy atom. The maximum atomic E-state index is 10.1. The maximum absolute atomic E-state index is 10.1. The minimum absolute atomic E-state index is 0.438. The van der Waals surface area contributed by atoms with Crippen LogP contribution in [-0.2, 0) is 4.79 Å². The number of carboxylic acid groups (broad SMARTS) is 1. The quantitative estimate of drug-likeness (QED) is 0.503. The van der Waals surface area contributed by atoms with Gasteiger partial charge in [-0.05, 0) is 6.42 Å². The first-order valence-electron chi connectivity index (χ1n) is 3.26. The van der Waals surface area contributed by atoms with E-state index in [-0.39, 0.29) is 0 Å². The normalized spacial score (nSPS) is 16.3. The zero-order chi connectivity index (χ0) is 8.15. The van der Waals surface area contributed by atoms with Gasteiger partial charge in [0.2, 0.25) is 0 Å². The van der Waals surface area contributed by atoms with Crippen molar-refractivity contribution in [2.75, 3.05) is 0 Å². The summed E-state index contributed by atoms with van der Waals surface area (Å²) in [5.41, 5.74) is 5.10. The van der Waals surface area contributed by atoms with Crippen molar-refractivity contribution in [3.8, 4) is 0 Å². The van der Waals surface area contributed by atoms with Gasteiger partial charge in [-0.25, -0.2) is 0 Å². The molecule has 60 valence electrons. The minimum atomic E-state index is -1.15. The molecular weight excluding hydrogens is 134 g/mol. The summed E-state index contributed by atoms with van der Waals surface area (Å²) in [6, 6.07) is -1.14. The number of nitrogens with two attached hydrogens (primary N) is 1. The van der Waals surface area contributed by atoms with Gasteiger partial charge >= 0.3 is 5.97 Å². The van der Waals surface area contributed by atoms with Gasteiger partial charge in [0.05, 0.1) is 6.10 Å². The van der Waals surface area contributed by atoms with E-state index in [1.54, 1.807) is 0 Å². The summed E-state index contributed by atoms with van der Waals surface area (Å²) in [6.45, 7) is 1.86. The molecule has 0 saturated carbocycles. The molecule has 4 heteroatoms. The van der Waals surface area contributed by atoms with Gasteiger partial charge in [0.1, 0.15) is 6.04 Å². The molecule has 10 heavy (non-hydrogen) atoms. The predicted octanol–water partition coefficient (Wildman–Crippen LogP) is -0.441. The van der Waals surface area contributed by atoms with Crippen LogP contribution in [0.2, 0.25) is 0 Å². The second-order valence-electron chi connectivity index (χ2n) is 2.22. The van der Waals surface area contributed by atoms with Gasteiger partial charge < -0.3 is 15.9 Å². The lowest BCUT2D eigenvalue weighted by molar-refractivity contribution is -0.141. The molecule has 0 fully saturated rings. The predicted molar refractivity (Wildman–Crippen MR) is 36.5 cm³/mol. The van der Waals surface area contributed by atoms with E-state index in [1.165, 1.54) is 0 Å². The van der Waals surface area contributed by atoms with Crippen molar-refractivity contribution in [1.29, 1.82) is 0 Å². The Morgan fingerprint density at radius 3 is 2.50 bits per heavy atom. The summed E-state index contributed by atoms with van der Waals surface area (Å²) in [5.74, 6) is -1.15. The molecule has 0 saturated heterocycles. The van der Waals surface area contributed by atoms with Crippen molar-refractivity contribution >= 4 is 5.97 Å². The molecule has 0 amide bonds. The fourth-order valence-electron chi connectivity index (χ4n) is 0.640. The second kappa shape index (κ2) is 4.24. The van der Waals surface area contributed by atoms with Gasteiger partial charge in [-0.3, -0.25) is 4.79 Å². The van der Waals surface area contributed by atoms with Gasteiger partial charge in [-0.2, -0.15) is 0 Å². The molecule has 1 unspecified atom stereocenters. The number of carbonyl (C=O) groups is 1. The van der Waals surface area contributed by atoms with Crippen molar-refractivity contribution in [2.45, 2.75) is 31.9 Å². The smallest absolute Gasteiger partial charge is 0.323 e. The van der Waals surface area contributed by atoms with E-state index in [4.69, 9.17) is 15.9 Å². The zero-order valence-corrected chi connectivity index (χ0v) is 5.95. The largest absolute Gasteiger partial charge is 0.480 e. The summed E-state index contributed by atoms with van der Waals surface area (Å²) in [7, 11) is 0. The number of aliphatic hydroxyl groups is 1. The first-order valence-corrected chi connectivity index (χ1v) is 3.26. The minimum Gasteiger partial charge on any atom is -0.480 e. The Hall–Kier alpha value is -0.610. The van der Waals surface area contributed by atoms with Crippen LogP contribution in [0.4, 0.5) is 0 Å². The fraction of sp³-hybridized carbons (Fsp3) is 0.833. The van der Waals surface area contributed by atoms with Crippen molar-refractivity contribution in [2.24, 2.45) is 5.73 Å². The molecule has 2 atom stereocenters. The Bertz CT molecular complexity index is 116. The topological polar surface area (TPSA) is 83.5 Å². The molecule has 0 aliphatic carbocycles. The maximum Gasteiger partial charge on any atom is 0.323 e. The van der Waals surface area contributed by atoms with E-state index in [2.05, 4.69) is 0 Å². The Labute approximate surface area is 59.7 Å². The fourth-order valence-corrected chi connectivity index (χ4v) is 0.640. The van der Waals surface area contributed by atoms with E-state index in [0.717, 1.165) is 6.42 Å². The zero-order valence-electron chi connectivity index (χ0n) is 5.95. The molecule has 0 aromatic heterocycles. The molecular formula is C6H13NO3. The number of aliphatic hydroxyl groups excluding tert-OH is 1. The summed E-state index contributed by atoms with van der Waals surface area (Å²) >= 11 is 0. The van der Waals surface area contributed by atoms with Crippen LogP contribution in [0.15, 0.2) is 0 Å². The molecule has 0 rings (SSSR count). The summed E-state index contributed by atoms with van der Waals surface area (Å²) in [5, 5.41) is 17.3. The third-order valence-electron chi connectivity index (χ3n) is 1.28. The van der Waals surface area contributed by atoms with Crippen molar-refractivity contribution < 1.29 is 15.0 Å². The van der Waals surface area contributed by atoms with Crippen LogP contribution >= 0.6 is 0 Å². The Kier molecular flexibility index (Phi) is 3.99. The molecule has 0 heterocycles. The standard InChI is InChI=1S/C6H13NO3/c1-2-3-4(8)5(7)6(9)10/h4-5,8H,2-3,7H2,1H3,(H,9,10)/t4?,5-/m0/s1. The molecule has 4 N–H and O–H groups in total. The highest BCUT2D eigenvalue weighted by atomic mass is 16.4.